The van der Waals surface area contributed by atoms with Crippen LogP contribution in [0.2, 0.25) is 0 Å². The fourth-order valence-corrected chi connectivity index (χ4v) is 4.49. The van der Waals surface area contributed by atoms with E-state index in [9.17, 15) is 17.6 Å². The summed E-state index contributed by atoms with van der Waals surface area (Å²) in [5.41, 5.74) is 0.882. The van der Waals surface area contributed by atoms with E-state index in [1.807, 2.05) is 6.07 Å². The first-order valence-electron chi connectivity index (χ1n) is 8.39. The molecule has 1 atom stereocenters. The quantitative estimate of drug-likeness (QED) is 0.864. The highest BCUT2D eigenvalue weighted by molar-refractivity contribution is 7.89. The van der Waals surface area contributed by atoms with Crippen molar-refractivity contribution in [3.63, 3.8) is 0 Å². The van der Waals surface area contributed by atoms with E-state index in [-0.39, 0.29) is 17.3 Å². The zero-order chi connectivity index (χ0) is 18.6. The van der Waals surface area contributed by atoms with Gasteiger partial charge < -0.3 is 5.32 Å². The predicted molar refractivity (Wildman–Crippen MR) is 94.0 cm³/mol. The Bertz CT molecular complexity index is 857. The van der Waals surface area contributed by atoms with E-state index < -0.39 is 21.8 Å². The fraction of sp³-hybridized carbons (Fsp3) is 0.333. The van der Waals surface area contributed by atoms with Gasteiger partial charge >= 0.3 is 0 Å². The van der Waals surface area contributed by atoms with E-state index in [4.69, 9.17) is 0 Å². The Kier molecular flexibility index (Phi) is 5.63. The number of pyridine rings is 1. The standard InChI is InChI=1S/C18H20FN3O3S/c19-16-5-7-17(8-6-16)26(24,25)22-10-2-4-15(13-22)18(23)21-12-14-3-1-9-20-11-14/h1,3,5-9,11,15H,2,4,10,12-13H2,(H,21,23)/t15-/m1/s1. The molecule has 1 amide bonds. The maximum Gasteiger partial charge on any atom is 0.243 e. The average molecular weight is 377 g/mol. The number of nitrogens with one attached hydrogen (secondary N) is 1. The lowest BCUT2D eigenvalue weighted by molar-refractivity contribution is -0.126. The Balaban J connectivity index is 1.64. The lowest BCUT2D eigenvalue weighted by Crippen LogP contribution is -2.45. The first-order chi connectivity index (χ1) is 12.5. The number of amides is 1. The van der Waals surface area contributed by atoms with Crippen LogP contribution in [-0.2, 0) is 21.4 Å². The Morgan fingerprint density at radius 2 is 2.04 bits per heavy atom. The van der Waals surface area contributed by atoms with Crippen LogP contribution in [0.4, 0.5) is 4.39 Å². The van der Waals surface area contributed by atoms with Crippen LogP contribution < -0.4 is 5.32 Å². The van der Waals surface area contributed by atoms with Crippen molar-refractivity contribution in [1.29, 1.82) is 0 Å². The van der Waals surface area contributed by atoms with Crippen LogP contribution in [0.25, 0.3) is 0 Å². The number of rotatable bonds is 5. The monoisotopic (exact) mass is 377 g/mol. The van der Waals surface area contributed by atoms with E-state index in [0.29, 0.717) is 25.9 Å². The molecule has 3 rings (SSSR count). The summed E-state index contributed by atoms with van der Waals surface area (Å²) in [4.78, 5) is 16.5. The van der Waals surface area contributed by atoms with Gasteiger partial charge in [0, 0.05) is 32.0 Å². The van der Waals surface area contributed by atoms with E-state index >= 15 is 0 Å². The minimum Gasteiger partial charge on any atom is -0.352 e. The van der Waals surface area contributed by atoms with E-state index in [0.717, 1.165) is 17.7 Å². The minimum absolute atomic E-state index is 0.0373. The first kappa shape index (κ1) is 18.5. The van der Waals surface area contributed by atoms with E-state index in [1.54, 1.807) is 18.5 Å². The second kappa shape index (κ2) is 7.92. The van der Waals surface area contributed by atoms with E-state index in [2.05, 4.69) is 10.3 Å². The summed E-state index contributed by atoms with van der Waals surface area (Å²) in [6.07, 6.45) is 4.57. The van der Waals surface area contributed by atoms with Crippen molar-refractivity contribution in [2.24, 2.45) is 5.92 Å². The predicted octanol–water partition coefficient (Wildman–Crippen LogP) is 1.94. The second-order valence-electron chi connectivity index (χ2n) is 6.24. The number of sulfonamides is 1. The molecule has 0 aliphatic carbocycles. The van der Waals surface area contributed by atoms with Crippen molar-refractivity contribution in [1.82, 2.24) is 14.6 Å². The molecular weight excluding hydrogens is 357 g/mol. The highest BCUT2D eigenvalue weighted by Gasteiger charge is 2.33. The van der Waals surface area contributed by atoms with Gasteiger partial charge in [-0.15, -0.1) is 0 Å². The van der Waals surface area contributed by atoms with Gasteiger partial charge in [0.05, 0.1) is 10.8 Å². The zero-order valence-electron chi connectivity index (χ0n) is 14.1. The molecule has 0 bridgehead atoms. The SMILES string of the molecule is O=C(NCc1cccnc1)[C@@H]1CCCN(S(=O)(=O)c2ccc(F)cc2)C1. The number of hydrogen-bond donors (Lipinski definition) is 1. The number of halogens is 1. The van der Waals surface area contributed by atoms with Crippen molar-refractivity contribution >= 4 is 15.9 Å². The van der Waals surface area contributed by atoms with Crippen molar-refractivity contribution in [2.75, 3.05) is 13.1 Å². The molecule has 0 saturated carbocycles. The number of carbonyl (C=O) groups excluding carboxylic acids is 1. The normalized spacial score (nSPS) is 18.4. The summed E-state index contributed by atoms with van der Waals surface area (Å²) in [6, 6.07) is 8.38. The van der Waals surface area contributed by atoms with E-state index in [1.165, 1.54) is 16.4 Å². The van der Waals surface area contributed by atoms with Crippen LogP contribution in [0, 0.1) is 11.7 Å². The third-order valence-electron chi connectivity index (χ3n) is 4.40. The smallest absolute Gasteiger partial charge is 0.243 e. The summed E-state index contributed by atoms with van der Waals surface area (Å²) in [7, 11) is -3.74. The molecule has 138 valence electrons. The molecule has 1 aliphatic rings. The highest BCUT2D eigenvalue weighted by atomic mass is 32.2. The summed E-state index contributed by atoms with van der Waals surface area (Å²) in [5.74, 6) is -1.07. The van der Waals surface area contributed by atoms with Crippen molar-refractivity contribution in [3.8, 4) is 0 Å². The largest absolute Gasteiger partial charge is 0.352 e. The molecule has 2 heterocycles. The molecule has 1 aliphatic heterocycles. The van der Waals surface area contributed by atoms with Crippen molar-refractivity contribution in [3.05, 3.63) is 60.2 Å². The summed E-state index contributed by atoms with van der Waals surface area (Å²) in [6.45, 7) is 0.832. The Hall–Kier alpha value is -2.32. The van der Waals surface area contributed by atoms with Gasteiger partial charge in [-0.2, -0.15) is 4.31 Å². The lowest BCUT2D eigenvalue weighted by atomic mass is 9.99. The molecule has 6 nitrogen and oxygen atoms in total. The fourth-order valence-electron chi connectivity index (χ4n) is 2.97. The van der Waals surface area contributed by atoms with Gasteiger partial charge in [-0.05, 0) is 48.7 Å². The molecule has 1 aromatic heterocycles. The molecule has 2 aromatic rings. The van der Waals surface area contributed by atoms with Gasteiger partial charge in [0.25, 0.3) is 0 Å². The molecule has 0 spiro atoms. The number of benzene rings is 1. The van der Waals surface area contributed by atoms with Gasteiger partial charge in [-0.3, -0.25) is 9.78 Å². The number of nitrogens with zero attached hydrogens (tertiary/aromatic N) is 2. The number of hydrogen-bond acceptors (Lipinski definition) is 4. The van der Waals surface area contributed by atoms with Crippen LogP contribution in [-0.4, -0.2) is 36.7 Å². The van der Waals surface area contributed by atoms with Gasteiger partial charge in [-0.1, -0.05) is 6.07 Å². The summed E-state index contributed by atoms with van der Waals surface area (Å²) >= 11 is 0. The maximum atomic E-state index is 13.0. The third kappa shape index (κ3) is 4.25. The number of piperidine rings is 1. The van der Waals surface area contributed by atoms with Crippen LogP contribution in [0.15, 0.2) is 53.7 Å². The topological polar surface area (TPSA) is 79.4 Å². The highest BCUT2D eigenvalue weighted by Crippen LogP contribution is 2.24. The molecule has 1 fully saturated rings. The van der Waals surface area contributed by atoms with Gasteiger partial charge in [0.2, 0.25) is 15.9 Å². The molecule has 0 radical (unpaired) electrons. The lowest BCUT2D eigenvalue weighted by Gasteiger charge is -2.31. The number of aromatic nitrogens is 1. The van der Waals surface area contributed by atoms with Gasteiger partial charge in [0.15, 0.2) is 0 Å². The molecule has 1 aromatic carbocycles. The molecular formula is C18H20FN3O3S. The van der Waals surface area contributed by atoms with Gasteiger partial charge in [0.1, 0.15) is 5.82 Å². The average Bonchev–Trinajstić information content (AvgIpc) is 2.67. The van der Waals surface area contributed by atoms with Crippen LogP contribution in [0.1, 0.15) is 18.4 Å². The van der Waals surface area contributed by atoms with Crippen LogP contribution in [0.5, 0.6) is 0 Å². The second-order valence-corrected chi connectivity index (χ2v) is 8.17. The molecule has 0 unspecified atom stereocenters. The molecule has 1 N–H and O–H groups in total. The summed E-state index contributed by atoms with van der Waals surface area (Å²) < 4.78 is 39.8. The van der Waals surface area contributed by atoms with Crippen molar-refractivity contribution < 1.29 is 17.6 Å². The first-order valence-corrected chi connectivity index (χ1v) is 9.83. The summed E-state index contributed by atoms with van der Waals surface area (Å²) in [5, 5.41) is 2.84. The molecule has 1 saturated heterocycles. The molecule has 26 heavy (non-hydrogen) atoms. The third-order valence-corrected chi connectivity index (χ3v) is 6.28. The minimum atomic E-state index is -3.74. The molecule has 8 heteroatoms. The zero-order valence-corrected chi connectivity index (χ0v) is 15.0. The van der Waals surface area contributed by atoms with Gasteiger partial charge in [-0.25, -0.2) is 12.8 Å². The Labute approximate surface area is 152 Å². The Morgan fingerprint density at radius 1 is 1.27 bits per heavy atom. The van der Waals surface area contributed by atoms with Crippen LogP contribution in [0.3, 0.4) is 0 Å². The Morgan fingerprint density at radius 3 is 2.73 bits per heavy atom. The maximum absolute atomic E-state index is 13.0. The van der Waals surface area contributed by atoms with Crippen molar-refractivity contribution in [2.45, 2.75) is 24.3 Å². The number of carbonyl (C=O) groups is 1. The van der Waals surface area contributed by atoms with Crippen LogP contribution >= 0.6 is 0 Å².